The number of hydrogen-bond acceptors (Lipinski definition) is 2. The van der Waals surface area contributed by atoms with Gasteiger partial charge in [0.05, 0.1) is 0 Å². The Morgan fingerprint density at radius 3 is 1.71 bits per heavy atom. The summed E-state index contributed by atoms with van der Waals surface area (Å²) < 4.78 is 0. The van der Waals surface area contributed by atoms with E-state index in [0.717, 1.165) is 16.5 Å². The largest absolute Gasteiger partial charge is 0.386 e. The molecule has 2 heteroatoms. The summed E-state index contributed by atoms with van der Waals surface area (Å²) in [5.41, 5.74) is 1.76. The van der Waals surface area contributed by atoms with Gasteiger partial charge in [0.25, 0.3) is 0 Å². The second-order valence-corrected chi connectivity index (χ2v) is 6.41. The lowest BCUT2D eigenvalue weighted by Gasteiger charge is -2.23. The molecule has 0 saturated carbocycles. The Hall–Kier alpha value is -2.68. The third-order valence-electron chi connectivity index (χ3n) is 5.06. The van der Waals surface area contributed by atoms with Crippen LogP contribution in [0.5, 0.6) is 0 Å². The predicted octanol–water partition coefficient (Wildman–Crippen LogP) is 4.57. The molecule has 1 unspecified atom stereocenters. The lowest BCUT2D eigenvalue weighted by atomic mass is 9.87. The standard InChI is InChI=1S/C22H16O2/c23-21-10-9-13-11-19-16-7-3-1-5-14(16)15-6-2-4-8-17(15)20(19)12-18(13)22(21)24/h1-12,21-24H/t21-,22?/m0/s1. The zero-order chi connectivity index (χ0) is 16.3. The first-order chi connectivity index (χ1) is 11.7. The van der Waals surface area contributed by atoms with E-state index in [1.807, 2.05) is 18.2 Å². The van der Waals surface area contributed by atoms with E-state index in [2.05, 4.69) is 48.5 Å². The van der Waals surface area contributed by atoms with Crippen LogP contribution in [-0.2, 0) is 0 Å². The van der Waals surface area contributed by atoms with E-state index in [1.165, 1.54) is 26.9 Å². The van der Waals surface area contributed by atoms with Crippen molar-refractivity contribution < 1.29 is 10.2 Å². The normalized spacial score (nSPS) is 19.9. The van der Waals surface area contributed by atoms with Crippen molar-refractivity contribution in [3.63, 3.8) is 0 Å². The molecule has 0 amide bonds. The average Bonchev–Trinajstić information content (AvgIpc) is 2.64. The Bertz CT molecular complexity index is 1140. The number of aliphatic hydroxyl groups excluding tert-OH is 2. The molecule has 0 bridgehead atoms. The van der Waals surface area contributed by atoms with Crippen LogP contribution in [0, 0.1) is 0 Å². The summed E-state index contributed by atoms with van der Waals surface area (Å²) in [6.45, 7) is 0. The predicted molar refractivity (Wildman–Crippen MR) is 99.0 cm³/mol. The van der Waals surface area contributed by atoms with Crippen LogP contribution < -0.4 is 0 Å². The van der Waals surface area contributed by atoms with Crippen molar-refractivity contribution in [2.24, 2.45) is 0 Å². The topological polar surface area (TPSA) is 40.5 Å². The third-order valence-corrected chi connectivity index (χ3v) is 5.06. The van der Waals surface area contributed by atoms with Crippen LogP contribution in [0.4, 0.5) is 0 Å². The Labute approximate surface area is 139 Å². The van der Waals surface area contributed by atoms with Gasteiger partial charge in [0, 0.05) is 0 Å². The Balaban J connectivity index is 2.03. The molecule has 0 spiro atoms. The fourth-order valence-corrected chi connectivity index (χ4v) is 3.88. The van der Waals surface area contributed by atoms with Crippen LogP contribution in [0.1, 0.15) is 17.2 Å². The molecule has 4 aromatic carbocycles. The van der Waals surface area contributed by atoms with E-state index in [9.17, 15) is 10.2 Å². The molecule has 1 aliphatic carbocycles. The third kappa shape index (κ3) is 1.78. The summed E-state index contributed by atoms with van der Waals surface area (Å²) in [4.78, 5) is 0. The van der Waals surface area contributed by atoms with Gasteiger partial charge in [-0.25, -0.2) is 0 Å². The molecule has 4 aromatic rings. The molecule has 0 aromatic heterocycles. The van der Waals surface area contributed by atoms with Gasteiger partial charge >= 0.3 is 0 Å². The molecular formula is C22H16O2. The van der Waals surface area contributed by atoms with Crippen LogP contribution in [0.2, 0.25) is 0 Å². The van der Waals surface area contributed by atoms with Crippen molar-refractivity contribution >= 4 is 38.4 Å². The smallest absolute Gasteiger partial charge is 0.109 e. The van der Waals surface area contributed by atoms with Crippen LogP contribution in [0.25, 0.3) is 38.4 Å². The number of benzene rings is 4. The number of rotatable bonds is 0. The minimum Gasteiger partial charge on any atom is -0.386 e. The maximum Gasteiger partial charge on any atom is 0.109 e. The van der Waals surface area contributed by atoms with E-state index < -0.39 is 12.2 Å². The first-order valence-electron chi connectivity index (χ1n) is 8.15. The van der Waals surface area contributed by atoms with E-state index in [4.69, 9.17) is 0 Å². The molecule has 1 aliphatic rings. The monoisotopic (exact) mass is 312 g/mol. The van der Waals surface area contributed by atoms with Gasteiger partial charge < -0.3 is 10.2 Å². The molecule has 0 saturated heterocycles. The van der Waals surface area contributed by atoms with Gasteiger partial charge in [0.1, 0.15) is 12.2 Å². The lowest BCUT2D eigenvalue weighted by Crippen LogP contribution is -2.19. The maximum atomic E-state index is 10.4. The van der Waals surface area contributed by atoms with E-state index in [1.54, 1.807) is 6.08 Å². The van der Waals surface area contributed by atoms with Gasteiger partial charge in [0.15, 0.2) is 0 Å². The van der Waals surface area contributed by atoms with Gasteiger partial charge in [-0.3, -0.25) is 0 Å². The van der Waals surface area contributed by atoms with Gasteiger partial charge in [0.2, 0.25) is 0 Å². The highest BCUT2D eigenvalue weighted by Gasteiger charge is 2.23. The lowest BCUT2D eigenvalue weighted by molar-refractivity contribution is 0.0471. The highest BCUT2D eigenvalue weighted by molar-refractivity contribution is 6.25. The summed E-state index contributed by atoms with van der Waals surface area (Å²) in [7, 11) is 0. The van der Waals surface area contributed by atoms with E-state index in [-0.39, 0.29) is 0 Å². The zero-order valence-electron chi connectivity index (χ0n) is 13.0. The summed E-state index contributed by atoms with van der Waals surface area (Å²) in [5, 5.41) is 27.4. The van der Waals surface area contributed by atoms with Crippen LogP contribution in [0.3, 0.4) is 0 Å². The summed E-state index contributed by atoms with van der Waals surface area (Å²) in [5.74, 6) is 0. The molecule has 2 atom stereocenters. The van der Waals surface area contributed by atoms with Crippen LogP contribution in [-0.4, -0.2) is 16.3 Å². The van der Waals surface area contributed by atoms with Crippen LogP contribution >= 0.6 is 0 Å². The van der Waals surface area contributed by atoms with Crippen molar-refractivity contribution in [1.29, 1.82) is 0 Å². The quantitative estimate of drug-likeness (QED) is 0.467. The molecule has 0 aliphatic heterocycles. The van der Waals surface area contributed by atoms with E-state index >= 15 is 0 Å². The molecule has 116 valence electrons. The van der Waals surface area contributed by atoms with Gasteiger partial charge in [-0.2, -0.15) is 0 Å². The second-order valence-electron chi connectivity index (χ2n) is 6.41. The van der Waals surface area contributed by atoms with Crippen molar-refractivity contribution in [1.82, 2.24) is 0 Å². The number of hydrogen-bond donors (Lipinski definition) is 2. The number of fused-ring (bicyclic) bond motifs is 7. The van der Waals surface area contributed by atoms with Crippen molar-refractivity contribution in [3.05, 3.63) is 77.9 Å². The first kappa shape index (κ1) is 13.7. The molecule has 0 radical (unpaired) electrons. The SMILES string of the molecule is OC1c2cc3c4ccccc4c4ccccc4c3cc2C=C[C@@H]1O. The van der Waals surface area contributed by atoms with Crippen LogP contribution in [0.15, 0.2) is 66.7 Å². The Morgan fingerprint density at radius 1 is 0.625 bits per heavy atom. The number of aliphatic hydroxyl groups is 2. The van der Waals surface area contributed by atoms with Gasteiger partial charge in [-0.15, -0.1) is 0 Å². The van der Waals surface area contributed by atoms with Crippen molar-refractivity contribution in [2.45, 2.75) is 12.2 Å². The molecule has 2 nitrogen and oxygen atoms in total. The molecule has 24 heavy (non-hydrogen) atoms. The minimum atomic E-state index is -0.875. The highest BCUT2D eigenvalue weighted by Crippen LogP contribution is 2.39. The van der Waals surface area contributed by atoms with Crippen molar-refractivity contribution in [2.75, 3.05) is 0 Å². The first-order valence-corrected chi connectivity index (χ1v) is 8.15. The second kappa shape index (κ2) is 4.91. The highest BCUT2D eigenvalue weighted by atomic mass is 16.3. The summed E-state index contributed by atoms with van der Waals surface area (Å²) >= 11 is 0. The Morgan fingerprint density at radius 2 is 1.12 bits per heavy atom. The summed E-state index contributed by atoms with van der Waals surface area (Å²) in [6.07, 6.45) is 1.83. The van der Waals surface area contributed by atoms with Gasteiger partial charge in [-0.05, 0) is 55.6 Å². The fourth-order valence-electron chi connectivity index (χ4n) is 3.88. The molecule has 0 fully saturated rings. The molecular weight excluding hydrogens is 296 g/mol. The fraction of sp³-hybridized carbons (Fsp3) is 0.0909. The average molecular weight is 312 g/mol. The Kier molecular flexibility index (Phi) is 2.81. The minimum absolute atomic E-state index is 0.790. The molecule has 0 heterocycles. The van der Waals surface area contributed by atoms with Crippen molar-refractivity contribution in [3.8, 4) is 0 Å². The molecule has 2 N–H and O–H groups in total. The van der Waals surface area contributed by atoms with E-state index in [0.29, 0.717) is 0 Å². The zero-order valence-corrected chi connectivity index (χ0v) is 13.0. The maximum absolute atomic E-state index is 10.4. The summed E-state index contributed by atoms with van der Waals surface area (Å²) in [6, 6.07) is 21.0. The molecule has 5 rings (SSSR count). The van der Waals surface area contributed by atoms with Gasteiger partial charge in [-0.1, -0.05) is 60.7 Å².